The summed E-state index contributed by atoms with van der Waals surface area (Å²) in [5.41, 5.74) is 6.29. The molecule has 0 amide bonds. The van der Waals surface area contributed by atoms with Gasteiger partial charge in [0.2, 0.25) is 0 Å². The quantitative estimate of drug-likeness (QED) is 0.644. The lowest BCUT2D eigenvalue weighted by Gasteiger charge is -2.11. The van der Waals surface area contributed by atoms with Crippen molar-refractivity contribution in [2.24, 2.45) is 0 Å². The Balaban J connectivity index is 1.81. The Bertz CT molecular complexity index is 849. The average Bonchev–Trinajstić information content (AvgIpc) is 2.64. The van der Waals surface area contributed by atoms with Crippen LogP contribution in [0.5, 0.6) is 0 Å². The van der Waals surface area contributed by atoms with Gasteiger partial charge in [0.1, 0.15) is 0 Å². The molecule has 2 nitrogen and oxygen atoms in total. The summed E-state index contributed by atoms with van der Waals surface area (Å²) in [4.78, 5) is 11.3. The molecule has 25 heavy (non-hydrogen) atoms. The molecule has 0 saturated heterocycles. The Morgan fingerprint density at radius 1 is 0.880 bits per heavy atom. The zero-order chi connectivity index (χ0) is 17.6. The fraction of sp³-hybridized carbons (Fsp3) is 0.174. The summed E-state index contributed by atoms with van der Waals surface area (Å²) in [5.74, 6) is -0.876. The predicted octanol–water partition coefficient (Wildman–Crippen LogP) is 5.54. The maximum absolute atomic E-state index is 11.3. The van der Waals surface area contributed by atoms with Crippen LogP contribution in [0.1, 0.15) is 33.5 Å². The van der Waals surface area contributed by atoms with Gasteiger partial charge in [-0.25, -0.2) is 4.79 Å². The van der Waals surface area contributed by atoms with Gasteiger partial charge in [0.15, 0.2) is 0 Å². The van der Waals surface area contributed by atoms with E-state index in [1.54, 1.807) is 6.07 Å². The molecule has 0 fully saturated rings. The molecule has 0 unspecified atom stereocenters. The van der Waals surface area contributed by atoms with E-state index in [0.717, 1.165) is 36.0 Å². The highest BCUT2D eigenvalue weighted by atomic mass is 16.4. The lowest BCUT2D eigenvalue weighted by molar-refractivity contribution is 0.0697. The van der Waals surface area contributed by atoms with E-state index in [1.165, 1.54) is 11.1 Å². The van der Waals surface area contributed by atoms with Crippen molar-refractivity contribution in [1.29, 1.82) is 0 Å². The second-order valence-electron chi connectivity index (χ2n) is 6.38. The number of benzene rings is 3. The van der Waals surface area contributed by atoms with Gasteiger partial charge in [-0.15, -0.1) is 0 Å². The van der Waals surface area contributed by atoms with Gasteiger partial charge in [-0.05, 0) is 60.6 Å². The minimum Gasteiger partial charge on any atom is -0.478 e. The van der Waals surface area contributed by atoms with Gasteiger partial charge in [0, 0.05) is 0 Å². The van der Waals surface area contributed by atoms with Gasteiger partial charge in [0.05, 0.1) is 5.56 Å². The zero-order valence-corrected chi connectivity index (χ0v) is 14.4. The summed E-state index contributed by atoms with van der Waals surface area (Å²) in [6.45, 7) is 2.09. The third kappa shape index (κ3) is 4.36. The number of hydrogen-bond donors (Lipinski definition) is 1. The fourth-order valence-electron chi connectivity index (χ4n) is 3.07. The largest absolute Gasteiger partial charge is 0.478 e. The molecular formula is C23H22O2. The molecule has 0 aromatic heterocycles. The number of aryl methyl sites for hydroxylation is 3. The minimum atomic E-state index is -0.876. The van der Waals surface area contributed by atoms with Crippen LogP contribution in [-0.2, 0) is 12.8 Å². The van der Waals surface area contributed by atoms with Crippen LogP contribution in [0.25, 0.3) is 11.1 Å². The van der Waals surface area contributed by atoms with Crippen molar-refractivity contribution in [1.82, 2.24) is 0 Å². The van der Waals surface area contributed by atoms with Crippen molar-refractivity contribution < 1.29 is 9.90 Å². The van der Waals surface area contributed by atoms with E-state index in [-0.39, 0.29) is 0 Å². The molecule has 0 saturated carbocycles. The van der Waals surface area contributed by atoms with Gasteiger partial charge in [-0.2, -0.15) is 0 Å². The third-order valence-corrected chi connectivity index (χ3v) is 4.47. The monoisotopic (exact) mass is 330 g/mol. The molecule has 1 N–H and O–H groups in total. The number of carbonyl (C=O) groups is 1. The van der Waals surface area contributed by atoms with Crippen LogP contribution in [0.4, 0.5) is 0 Å². The first-order valence-corrected chi connectivity index (χ1v) is 8.60. The van der Waals surface area contributed by atoms with E-state index in [9.17, 15) is 9.90 Å². The number of aromatic carboxylic acids is 1. The molecule has 3 aromatic rings. The van der Waals surface area contributed by atoms with Gasteiger partial charge in [-0.3, -0.25) is 0 Å². The Labute approximate surface area is 148 Å². The van der Waals surface area contributed by atoms with Gasteiger partial charge >= 0.3 is 5.97 Å². The molecule has 0 radical (unpaired) electrons. The van der Waals surface area contributed by atoms with E-state index in [0.29, 0.717) is 5.56 Å². The lowest BCUT2D eigenvalue weighted by Crippen LogP contribution is -2.00. The lowest BCUT2D eigenvalue weighted by atomic mass is 9.93. The summed E-state index contributed by atoms with van der Waals surface area (Å²) in [6.07, 6.45) is 2.84. The maximum atomic E-state index is 11.3. The number of hydrogen-bond acceptors (Lipinski definition) is 1. The number of carboxylic acids is 1. The topological polar surface area (TPSA) is 37.3 Å². The summed E-state index contributed by atoms with van der Waals surface area (Å²) >= 11 is 0. The van der Waals surface area contributed by atoms with Crippen molar-refractivity contribution in [3.8, 4) is 11.1 Å². The minimum absolute atomic E-state index is 0.352. The van der Waals surface area contributed by atoms with Crippen LogP contribution in [0.15, 0.2) is 72.8 Å². The van der Waals surface area contributed by atoms with Crippen molar-refractivity contribution in [3.63, 3.8) is 0 Å². The van der Waals surface area contributed by atoms with E-state index >= 15 is 0 Å². The second kappa shape index (κ2) is 7.80. The molecular weight excluding hydrogens is 308 g/mol. The SMILES string of the molecule is Cc1ccc(CCCc2cc(C(=O)O)ccc2-c2ccccc2)cc1. The molecule has 3 aromatic carbocycles. The van der Waals surface area contributed by atoms with Gasteiger partial charge < -0.3 is 5.11 Å². The number of carboxylic acid groups (broad SMARTS) is 1. The van der Waals surface area contributed by atoms with Gasteiger partial charge in [0.25, 0.3) is 0 Å². The van der Waals surface area contributed by atoms with E-state index in [1.807, 2.05) is 30.3 Å². The Kier molecular flexibility index (Phi) is 5.30. The third-order valence-electron chi connectivity index (χ3n) is 4.47. The average molecular weight is 330 g/mol. The predicted molar refractivity (Wildman–Crippen MR) is 102 cm³/mol. The van der Waals surface area contributed by atoms with Gasteiger partial charge in [-0.1, -0.05) is 66.2 Å². The Morgan fingerprint density at radius 2 is 1.60 bits per heavy atom. The molecule has 2 heteroatoms. The number of rotatable bonds is 6. The molecule has 0 aliphatic heterocycles. The van der Waals surface area contributed by atoms with Crippen LogP contribution in [0.2, 0.25) is 0 Å². The van der Waals surface area contributed by atoms with Crippen molar-refractivity contribution in [2.45, 2.75) is 26.2 Å². The first kappa shape index (κ1) is 17.0. The zero-order valence-electron chi connectivity index (χ0n) is 14.4. The fourth-order valence-corrected chi connectivity index (χ4v) is 3.07. The molecule has 0 spiro atoms. The van der Waals surface area contributed by atoms with Crippen LogP contribution < -0.4 is 0 Å². The van der Waals surface area contributed by atoms with Crippen LogP contribution >= 0.6 is 0 Å². The standard InChI is InChI=1S/C23H22O2/c1-17-10-12-18(13-11-17)6-5-9-20-16-21(23(24)25)14-15-22(20)19-7-3-2-4-8-19/h2-4,7-8,10-16H,5-6,9H2,1H3,(H,24,25). The van der Waals surface area contributed by atoms with E-state index in [4.69, 9.17) is 0 Å². The molecule has 126 valence electrons. The first-order chi connectivity index (χ1) is 12.1. The maximum Gasteiger partial charge on any atom is 0.335 e. The second-order valence-corrected chi connectivity index (χ2v) is 6.38. The molecule has 0 heterocycles. The first-order valence-electron chi connectivity index (χ1n) is 8.60. The highest BCUT2D eigenvalue weighted by Gasteiger charge is 2.10. The highest BCUT2D eigenvalue weighted by molar-refractivity contribution is 5.89. The molecule has 3 rings (SSSR count). The summed E-state index contributed by atoms with van der Waals surface area (Å²) in [6, 6.07) is 24.2. The Morgan fingerprint density at radius 3 is 2.28 bits per heavy atom. The van der Waals surface area contributed by atoms with Crippen LogP contribution in [0.3, 0.4) is 0 Å². The smallest absolute Gasteiger partial charge is 0.335 e. The van der Waals surface area contributed by atoms with E-state index < -0.39 is 5.97 Å². The van der Waals surface area contributed by atoms with E-state index in [2.05, 4.69) is 43.3 Å². The molecule has 0 bridgehead atoms. The summed E-state index contributed by atoms with van der Waals surface area (Å²) in [7, 11) is 0. The highest BCUT2D eigenvalue weighted by Crippen LogP contribution is 2.26. The normalized spacial score (nSPS) is 10.6. The van der Waals surface area contributed by atoms with Crippen LogP contribution in [-0.4, -0.2) is 11.1 Å². The van der Waals surface area contributed by atoms with Crippen LogP contribution in [0, 0.1) is 6.92 Å². The molecule has 0 aliphatic rings. The Hall–Kier alpha value is -2.87. The molecule has 0 aliphatic carbocycles. The summed E-state index contributed by atoms with van der Waals surface area (Å²) < 4.78 is 0. The summed E-state index contributed by atoms with van der Waals surface area (Å²) in [5, 5.41) is 9.30. The molecule has 0 atom stereocenters. The van der Waals surface area contributed by atoms with Crippen molar-refractivity contribution in [3.05, 3.63) is 95.1 Å². The van der Waals surface area contributed by atoms with Crippen molar-refractivity contribution in [2.75, 3.05) is 0 Å². The van der Waals surface area contributed by atoms with Crippen molar-refractivity contribution >= 4 is 5.97 Å².